The van der Waals surface area contributed by atoms with Crippen LogP contribution in [0.3, 0.4) is 0 Å². The standard InChI is InChI=1S/C13H24N6O6/c14-7(2-1-5-17-13(15)16)11(23)18-6-9(20)19-8(12(24)25)3-4-10(21)22/h7-8H,1-6,14H2,(H,18,23)(H,19,20)(H,21,22)(H,24,25)(H4,15,16,17). The van der Waals surface area contributed by atoms with E-state index in [-0.39, 0.29) is 12.4 Å². The highest BCUT2D eigenvalue weighted by Gasteiger charge is 2.21. The number of hydrogen-bond donors (Lipinski definition) is 7. The molecule has 0 fully saturated rings. The number of carbonyl (C=O) groups is 4. The average molecular weight is 360 g/mol. The van der Waals surface area contributed by atoms with Crippen LogP contribution in [-0.4, -0.2) is 65.1 Å². The molecule has 0 saturated carbocycles. The number of guanidine groups is 1. The fourth-order valence-electron chi connectivity index (χ4n) is 1.72. The molecule has 0 aromatic carbocycles. The number of carboxylic acids is 2. The van der Waals surface area contributed by atoms with Crippen LogP contribution in [0.1, 0.15) is 25.7 Å². The third-order valence-electron chi connectivity index (χ3n) is 3.01. The Morgan fingerprint density at radius 1 is 1.08 bits per heavy atom. The molecular formula is C13H24N6O6. The van der Waals surface area contributed by atoms with Crippen molar-refractivity contribution < 1.29 is 29.4 Å². The van der Waals surface area contributed by atoms with E-state index in [0.717, 1.165) is 0 Å². The molecule has 0 aliphatic rings. The van der Waals surface area contributed by atoms with Gasteiger partial charge in [0, 0.05) is 13.0 Å². The molecule has 10 N–H and O–H groups in total. The number of rotatable bonds is 12. The van der Waals surface area contributed by atoms with E-state index >= 15 is 0 Å². The molecule has 0 aliphatic heterocycles. The van der Waals surface area contributed by atoms with E-state index in [1.807, 2.05) is 0 Å². The van der Waals surface area contributed by atoms with Crippen molar-refractivity contribution >= 4 is 29.7 Å². The maximum atomic E-state index is 11.7. The van der Waals surface area contributed by atoms with Crippen molar-refractivity contribution in [2.75, 3.05) is 13.1 Å². The minimum absolute atomic E-state index is 0.0643. The summed E-state index contributed by atoms with van der Waals surface area (Å²) in [5.74, 6) is -3.96. The topological polar surface area (TPSA) is 223 Å². The van der Waals surface area contributed by atoms with Gasteiger partial charge in [0.1, 0.15) is 6.04 Å². The van der Waals surface area contributed by atoms with E-state index < -0.39 is 48.8 Å². The van der Waals surface area contributed by atoms with Gasteiger partial charge in [-0.3, -0.25) is 19.4 Å². The second-order valence-corrected chi connectivity index (χ2v) is 5.16. The van der Waals surface area contributed by atoms with E-state index in [2.05, 4.69) is 15.6 Å². The zero-order valence-electron chi connectivity index (χ0n) is 13.6. The van der Waals surface area contributed by atoms with Gasteiger partial charge in [0.05, 0.1) is 12.6 Å². The molecule has 0 radical (unpaired) electrons. The highest BCUT2D eigenvalue weighted by molar-refractivity contribution is 5.89. The number of aliphatic imine (C=N–C) groups is 1. The molecule has 0 heterocycles. The lowest BCUT2D eigenvalue weighted by atomic mass is 10.1. The molecule has 2 atom stereocenters. The maximum Gasteiger partial charge on any atom is 0.326 e. The molecular weight excluding hydrogens is 336 g/mol. The summed E-state index contributed by atoms with van der Waals surface area (Å²) in [6, 6.07) is -2.22. The Morgan fingerprint density at radius 3 is 2.24 bits per heavy atom. The lowest BCUT2D eigenvalue weighted by molar-refractivity contribution is -0.143. The van der Waals surface area contributed by atoms with Gasteiger partial charge in [-0.15, -0.1) is 0 Å². The summed E-state index contributed by atoms with van der Waals surface area (Å²) in [5, 5.41) is 21.9. The highest BCUT2D eigenvalue weighted by Crippen LogP contribution is 1.98. The molecule has 0 saturated heterocycles. The summed E-state index contributed by atoms with van der Waals surface area (Å²) >= 11 is 0. The first-order valence-electron chi connectivity index (χ1n) is 7.46. The van der Waals surface area contributed by atoms with Gasteiger partial charge in [-0.1, -0.05) is 0 Å². The quantitative estimate of drug-likeness (QED) is 0.106. The number of nitrogens with one attached hydrogen (secondary N) is 2. The largest absolute Gasteiger partial charge is 0.481 e. The molecule has 12 nitrogen and oxygen atoms in total. The van der Waals surface area contributed by atoms with Gasteiger partial charge in [-0.05, 0) is 19.3 Å². The lowest BCUT2D eigenvalue weighted by Crippen LogP contribution is -2.48. The lowest BCUT2D eigenvalue weighted by Gasteiger charge is -2.15. The van der Waals surface area contributed by atoms with Crippen LogP contribution in [0.4, 0.5) is 0 Å². The van der Waals surface area contributed by atoms with Crippen molar-refractivity contribution in [2.45, 2.75) is 37.8 Å². The second kappa shape index (κ2) is 11.6. The monoisotopic (exact) mass is 360 g/mol. The Morgan fingerprint density at radius 2 is 1.72 bits per heavy atom. The van der Waals surface area contributed by atoms with Crippen molar-refractivity contribution in [3.05, 3.63) is 0 Å². The normalized spacial score (nSPS) is 12.5. The number of hydrogen-bond acceptors (Lipinski definition) is 6. The second-order valence-electron chi connectivity index (χ2n) is 5.16. The van der Waals surface area contributed by atoms with E-state index in [4.69, 9.17) is 27.4 Å². The van der Waals surface area contributed by atoms with Crippen molar-refractivity contribution in [2.24, 2.45) is 22.2 Å². The van der Waals surface area contributed by atoms with Gasteiger partial charge < -0.3 is 38.0 Å². The predicted molar refractivity (Wildman–Crippen MR) is 87.3 cm³/mol. The summed E-state index contributed by atoms with van der Waals surface area (Å²) in [4.78, 5) is 48.5. The highest BCUT2D eigenvalue weighted by atomic mass is 16.4. The number of nitrogens with two attached hydrogens (primary N) is 3. The first kappa shape index (κ1) is 22.1. The van der Waals surface area contributed by atoms with Crippen LogP contribution in [0.2, 0.25) is 0 Å². The third-order valence-corrected chi connectivity index (χ3v) is 3.01. The zero-order valence-corrected chi connectivity index (χ0v) is 13.6. The molecule has 2 amide bonds. The summed E-state index contributed by atoms with van der Waals surface area (Å²) < 4.78 is 0. The maximum absolute atomic E-state index is 11.7. The number of aliphatic carboxylic acids is 2. The van der Waals surface area contributed by atoms with Crippen molar-refractivity contribution in [3.8, 4) is 0 Å². The van der Waals surface area contributed by atoms with E-state index in [0.29, 0.717) is 19.4 Å². The number of carboxylic acid groups (broad SMARTS) is 2. The Hall–Kier alpha value is -2.89. The van der Waals surface area contributed by atoms with Gasteiger partial charge in [-0.25, -0.2) is 4.79 Å². The predicted octanol–water partition coefficient (Wildman–Crippen LogP) is -3.08. The fourth-order valence-corrected chi connectivity index (χ4v) is 1.72. The zero-order chi connectivity index (χ0) is 19.4. The summed E-state index contributed by atoms with van der Waals surface area (Å²) in [5.41, 5.74) is 15.9. The van der Waals surface area contributed by atoms with Gasteiger partial charge in [-0.2, -0.15) is 0 Å². The minimum Gasteiger partial charge on any atom is -0.481 e. The van der Waals surface area contributed by atoms with Crippen molar-refractivity contribution in [1.29, 1.82) is 0 Å². The van der Waals surface area contributed by atoms with Gasteiger partial charge >= 0.3 is 11.9 Å². The molecule has 25 heavy (non-hydrogen) atoms. The molecule has 0 spiro atoms. The molecule has 0 aliphatic carbocycles. The third kappa shape index (κ3) is 11.3. The molecule has 0 bridgehead atoms. The van der Waals surface area contributed by atoms with Crippen LogP contribution in [0.15, 0.2) is 4.99 Å². The molecule has 12 heteroatoms. The van der Waals surface area contributed by atoms with Gasteiger partial charge in [0.25, 0.3) is 0 Å². The number of carbonyl (C=O) groups excluding carboxylic acids is 2. The summed E-state index contributed by atoms with van der Waals surface area (Å²) in [6.45, 7) is -0.162. The smallest absolute Gasteiger partial charge is 0.326 e. The number of amides is 2. The van der Waals surface area contributed by atoms with Crippen LogP contribution < -0.4 is 27.8 Å². The van der Waals surface area contributed by atoms with Crippen molar-refractivity contribution in [1.82, 2.24) is 10.6 Å². The van der Waals surface area contributed by atoms with Crippen LogP contribution in [0.5, 0.6) is 0 Å². The summed E-state index contributed by atoms with van der Waals surface area (Å²) in [6.07, 6.45) is 0.0779. The van der Waals surface area contributed by atoms with E-state index in [9.17, 15) is 19.2 Å². The van der Waals surface area contributed by atoms with E-state index in [1.165, 1.54) is 0 Å². The Kier molecular flexibility index (Phi) is 10.3. The summed E-state index contributed by atoms with van der Waals surface area (Å²) in [7, 11) is 0. The minimum atomic E-state index is -1.36. The van der Waals surface area contributed by atoms with Crippen molar-refractivity contribution in [3.63, 3.8) is 0 Å². The van der Waals surface area contributed by atoms with Crippen LogP contribution in [0, 0.1) is 0 Å². The van der Waals surface area contributed by atoms with Crippen LogP contribution >= 0.6 is 0 Å². The molecule has 2 unspecified atom stereocenters. The first-order chi connectivity index (χ1) is 11.6. The van der Waals surface area contributed by atoms with E-state index in [1.54, 1.807) is 0 Å². The molecule has 142 valence electrons. The van der Waals surface area contributed by atoms with Gasteiger partial charge in [0.2, 0.25) is 11.8 Å². The molecule has 0 aromatic rings. The average Bonchev–Trinajstić information content (AvgIpc) is 2.52. The number of nitrogens with zero attached hydrogens (tertiary/aromatic N) is 1. The van der Waals surface area contributed by atoms with Crippen LogP contribution in [0.25, 0.3) is 0 Å². The fraction of sp³-hybridized carbons (Fsp3) is 0.615. The Labute approximate surface area is 143 Å². The SMILES string of the molecule is NC(N)=NCCCC(N)C(=O)NCC(=O)NC(CCC(=O)O)C(=O)O. The molecule has 0 rings (SSSR count). The molecule has 0 aromatic heterocycles. The van der Waals surface area contributed by atoms with Gasteiger partial charge in [0.15, 0.2) is 5.96 Å². The Balaban J connectivity index is 4.20. The van der Waals surface area contributed by atoms with Crippen LogP contribution in [-0.2, 0) is 19.2 Å². The Bertz CT molecular complexity index is 519. The first-order valence-corrected chi connectivity index (χ1v) is 7.46.